The summed E-state index contributed by atoms with van der Waals surface area (Å²) in [5, 5.41) is 10.2. The number of benzene rings is 1. The van der Waals surface area contributed by atoms with Gasteiger partial charge in [0.15, 0.2) is 0 Å². The number of quaternary nitrogens is 1. The van der Waals surface area contributed by atoms with Crippen LogP contribution in [0.1, 0.15) is 63.7 Å². The molecule has 0 saturated heterocycles. The highest BCUT2D eigenvalue weighted by Gasteiger charge is 2.22. The first kappa shape index (κ1) is 21.4. The molecule has 0 radical (unpaired) electrons. The summed E-state index contributed by atoms with van der Waals surface area (Å²) in [6, 6.07) is 5.85. The number of hydrogen-bond donors (Lipinski definition) is 1. The van der Waals surface area contributed by atoms with E-state index in [9.17, 15) is 9.90 Å². The summed E-state index contributed by atoms with van der Waals surface area (Å²) in [4.78, 5) is 10.2. The number of hydrogen-bond acceptors (Lipinski definition) is 3. The fourth-order valence-corrected chi connectivity index (χ4v) is 3.19. The average molecular weight is 322 g/mol. The monoisotopic (exact) mass is 322 g/mol. The molecule has 0 atom stereocenters. The molecule has 0 amide bonds. The molecule has 1 aromatic carbocycles. The molecule has 0 unspecified atom stereocenters. The maximum absolute atomic E-state index is 10.2. The maximum Gasteiger partial charge on any atom is 0.0783 e. The van der Waals surface area contributed by atoms with Crippen LogP contribution in [-0.4, -0.2) is 36.6 Å². The van der Waals surface area contributed by atoms with Crippen molar-refractivity contribution in [1.82, 2.24) is 0 Å². The lowest BCUT2D eigenvalue weighted by Crippen LogP contribution is -2.50. The van der Waals surface area contributed by atoms with Crippen LogP contribution in [0.25, 0.3) is 0 Å². The molecular weight excluding hydrogens is 288 g/mol. The van der Waals surface area contributed by atoms with Gasteiger partial charge in [0, 0.05) is 5.69 Å². The third-order valence-corrected chi connectivity index (χ3v) is 3.94. The molecule has 0 aromatic heterocycles. The molecular formula is C19H34N2O2. The summed E-state index contributed by atoms with van der Waals surface area (Å²) in [7, 11) is 0. The Hall–Kier alpha value is -1.55. The van der Waals surface area contributed by atoms with Crippen molar-refractivity contribution in [3.05, 3.63) is 29.8 Å². The number of nitrogens with two attached hydrogens (primary N) is 1. The van der Waals surface area contributed by atoms with Crippen molar-refractivity contribution in [1.29, 1.82) is 0 Å². The van der Waals surface area contributed by atoms with Gasteiger partial charge in [0.05, 0.1) is 32.1 Å². The second-order valence-electron chi connectivity index (χ2n) is 6.15. The van der Waals surface area contributed by atoms with Crippen LogP contribution in [-0.2, 0) is 0 Å². The zero-order chi connectivity index (χ0) is 17.7. The highest BCUT2D eigenvalue weighted by atomic mass is 16.4. The van der Waals surface area contributed by atoms with Crippen LogP contribution < -0.4 is 10.8 Å². The lowest BCUT2D eigenvalue weighted by Gasteiger charge is -2.38. The summed E-state index contributed by atoms with van der Waals surface area (Å²) in [5.41, 5.74) is 6.01. The number of carbonyl (C=O) groups is 1. The van der Waals surface area contributed by atoms with Gasteiger partial charge < -0.3 is 20.1 Å². The smallest absolute Gasteiger partial charge is 0.0783 e. The zero-order valence-electron chi connectivity index (χ0n) is 15.3. The molecule has 0 aliphatic heterocycles. The molecule has 2 N–H and O–H groups in total. The number of anilines is 1. The van der Waals surface area contributed by atoms with Gasteiger partial charge in [0.25, 0.3) is 0 Å². The molecule has 132 valence electrons. The van der Waals surface area contributed by atoms with Crippen LogP contribution in [0.4, 0.5) is 5.69 Å². The van der Waals surface area contributed by atoms with E-state index in [1.165, 1.54) is 80.6 Å². The van der Waals surface area contributed by atoms with E-state index < -0.39 is 5.97 Å². The summed E-state index contributed by atoms with van der Waals surface area (Å²) in [6.07, 6.45) is 5.33. The van der Waals surface area contributed by atoms with E-state index in [4.69, 9.17) is 5.73 Å². The molecule has 0 fully saturated rings. The Kier molecular flexibility index (Phi) is 11.1. The van der Waals surface area contributed by atoms with E-state index in [1.54, 1.807) is 0 Å². The second kappa shape index (κ2) is 11.9. The summed E-state index contributed by atoms with van der Waals surface area (Å²) in [6.45, 7) is 14.8. The highest BCUT2D eigenvalue weighted by molar-refractivity contribution is 5.86. The van der Waals surface area contributed by atoms with Gasteiger partial charge in [-0.2, -0.15) is 0 Å². The van der Waals surface area contributed by atoms with Crippen molar-refractivity contribution in [2.45, 2.75) is 53.4 Å². The standard InChI is InChI=1S/C12H28N.C7H7NO2/c1-5-9-13(10-6-2,11-7-3)12-8-4;8-6-3-1-5(2-4-6)7(9)10/h5-12H2,1-4H3;1-4H,8H2,(H,9,10)/q+1;/p-1. The number of nitrogen functional groups attached to an aromatic ring is 1. The zero-order valence-corrected chi connectivity index (χ0v) is 15.3. The average Bonchev–Trinajstić information content (AvgIpc) is 2.49. The molecule has 0 bridgehead atoms. The number of nitrogens with zero attached hydrogens (tertiary/aromatic N) is 1. The van der Waals surface area contributed by atoms with Crippen molar-refractivity contribution in [2.75, 3.05) is 31.9 Å². The Labute approximate surface area is 141 Å². The Morgan fingerprint density at radius 3 is 1.48 bits per heavy atom. The predicted molar refractivity (Wildman–Crippen MR) is 96.1 cm³/mol. The minimum Gasteiger partial charge on any atom is -0.545 e. The van der Waals surface area contributed by atoms with E-state index in [1.807, 2.05) is 0 Å². The van der Waals surface area contributed by atoms with E-state index >= 15 is 0 Å². The number of carboxylic acid groups (broad SMARTS) is 1. The van der Waals surface area contributed by atoms with Crippen molar-refractivity contribution >= 4 is 11.7 Å². The molecule has 1 rings (SSSR count). The molecule has 1 aromatic rings. The Morgan fingerprint density at radius 2 is 1.22 bits per heavy atom. The van der Waals surface area contributed by atoms with Gasteiger partial charge in [-0.3, -0.25) is 0 Å². The maximum atomic E-state index is 10.2. The molecule has 4 nitrogen and oxygen atoms in total. The van der Waals surface area contributed by atoms with Gasteiger partial charge in [-0.15, -0.1) is 0 Å². The lowest BCUT2D eigenvalue weighted by molar-refractivity contribution is -0.928. The molecule has 0 saturated carbocycles. The first-order valence-corrected chi connectivity index (χ1v) is 8.86. The highest BCUT2D eigenvalue weighted by Crippen LogP contribution is 2.12. The van der Waals surface area contributed by atoms with E-state index in [-0.39, 0.29) is 5.56 Å². The van der Waals surface area contributed by atoms with Crippen LogP contribution in [0.2, 0.25) is 0 Å². The van der Waals surface area contributed by atoms with Crippen LogP contribution in [0.3, 0.4) is 0 Å². The number of carbonyl (C=O) groups excluding carboxylic acids is 1. The number of carboxylic acids is 1. The quantitative estimate of drug-likeness (QED) is 0.561. The molecule has 0 aliphatic rings. The van der Waals surface area contributed by atoms with Gasteiger partial charge in [0.2, 0.25) is 0 Å². The molecule has 0 aliphatic carbocycles. The Bertz CT molecular complexity index is 400. The largest absolute Gasteiger partial charge is 0.545 e. The first-order chi connectivity index (χ1) is 10.9. The van der Waals surface area contributed by atoms with Gasteiger partial charge in [-0.05, 0) is 43.4 Å². The Morgan fingerprint density at radius 1 is 0.870 bits per heavy atom. The third kappa shape index (κ3) is 8.60. The van der Waals surface area contributed by atoms with Gasteiger partial charge in [0.1, 0.15) is 0 Å². The fourth-order valence-electron chi connectivity index (χ4n) is 3.19. The van der Waals surface area contributed by atoms with Gasteiger partial charge >= 0.3 is 0 Å². The van der Waals surface area contributed by atoms with E-state index in [0.717, 1.165) is 0 Å². The minimum atomic E-state index is -1.18. The SMILES string of the molecule is CCC[N+](CCC)(CCC)CCC.Nc1ccc(C(=O)[O-])cc1. The minimum absolute atomic E-state index is 0.147. The molecule has 4 heteroatoms. The van der Waals surface area contributed by atoms with E-state index in [2.05, 4.69) is 27.7 Å². The van der Waals surface area contributed by atoms with Crippen LogP contribution in [0.5, 0.6) is 0 Å². The topological polar surface area (TPSA) is 66.2 Å². The fraction of sp³-hybridized carbons (Fsp3) is 0.632. The van der Waals surface area contributed by atoms with Gasteiger partial charge in [-0.1, -0.05) is 39.8 Å². The molecule has 0 heterocycles. The van der Waals surface area contributed by atoms with Gasteiger partial charge in [-0.25, -0.2) is 0 Å². The molecule has 23 heavy (non-hydrogen) atoms. The third-order valence-electron chi connectivity index (χ3n) is 3.94. The summed E-state index contributed by atoms with van der Waals surface area (Å²) >= 11 is 0. The second-order valence-corrected chi connectivity index (χ2v) is 6.15. The van der Waals surface area contributed by atoms with Crippen molar-refractivity contribution in [3.8, 4) is 0 Å². The van der Waals surface area contributed by atoms with Crippen LogP contribution >= 0.6 is 0 Å². The predicted octanol–water partition coefficient (Wildman–Crippen LogP) is 3.08. The normalized spacial score (nSPS) is 10.8. The summed E-state index contributed by atoms with van der Waals surface area (Å²) in [5.74, 6) is -1.18. The van der Waals surface area contributed by atoms with E-state index in [0.29, 0.717) is 5.69 Å². The number of rotatable bonds is 9. The summed E-state index contributed by atoms with van der Waals surface area (Å²) < 4.78 is 1.38. The molecule has 0 spiro atoms. The number of aromatic carboxylic acids is 1. The Balaban J connectivity index is 0.000000433. The van der Waals surface area contributed by atoms with Crippen LogP contribution in [0.15, 0.2) is 24.3 Å². The lowest BCUT2D eigenvalue weighted by atomic mass is 10.2. The van der Waals surface area contributed by atoms with Crippen molar-refractivity contribution in [2.24, 2.45) is 0 Å². The van der Waals surface area contributed by atoms with Crippen molar-refractivity contribution in [3.63, 3.8) is 0 Å². The first-order valence-electron chi connectivity index (χ1n) is 8.86. The van der Waals surface area contributed by atoms with Crippen LogP contribution in [0, 0.1) is 0 Å². The van der Waals surface area contributed by atoms with Crippen molar-refractivity contribution < 1.29 is 14.4 Å².